The first kappa shape index (κ1) is 20.4. The summed E-state index contributed by atoms with van der Waals surface area (Å²) in [5.41, 5.74) is 0.833. The van der Waals surface area contributed by atoms with Crippen LogP contribution in [0.4, 0.5) is 5.69 Å². The number of carbonyl (C=O) groups is 1. The normalized spacial score (nSPS) is 10.9. The van der Waals surface area contributed by atoms with Gasteiger partial charge in [0.1, 0.15) is 28.9 Å². The number of methoxy groups -OCH3 is 1. The molecule has 0 saturated carbocycles. The Labute approximate surface area is 172 Å². The van der Waals surface area contributed by atoms with Gasteiger partial charge in [-0.25, -0.2) is 0 Å². The minimum absolute atomic E-state index is 0.143. The van der Waals surface area contributed by atoms with Crippen molar-refractivity contribution in [2.24, 2.45) is 0 Å². The van der Waals surface area contributed by atoms with Crippen LogP contribution >= 0.6 is 0 Å². The monoisotopic (exact) mass is 403 g/mol. The number of carbonyl (C=O) groups excluding carboxylic acids is 1. The third-order valence-electron chi connectivity index (χ3n) is 4.24. The molecule has 0 bridgehead atoms. The summed E-state index contributed by atoms with van der Waals surface area (Å²) >= 11 is 0. The van der Waals surface area contributed by atoms with Gasteiger partial charge in [-0.05, 0) is 29.8 Å². The number of furan rings is 1. The molecule has 8 nitrogen and oxygen atoms in total. The van der Waals surface area contributed by atoms with Crippen molar-refractivity contribution in [1.29, 1.82) is 5.26 Å². The third kappa shape index (κ3) is 4.72. The van der Waals surface area contributed by atoms with E-state index in [1.165, 1.54) is 37.5 Å². The highest BCUT2D eigenvalue weighted by Crippen LogP contribution is 2.34. The molecule has 150 valence electrons. The molecule has 3 rings (SSSR count). The number of nitriles is 1. The standard InChI is InChI=1S/C22H17N3O5/c1-29-17-7-9-19(20(12-17)25(27)28)21-10-8-18(30-21)11-16(13-23)22(26)24-14-15-5-3-2-4-6-15/h2-12H,14H2,1H3,(H,24,26)/b16-11+. The SMILES string of the molecule is COc1ccc(-c2ccc(/C=C(\C#N)C(=O)NCc3ccccc3)o2)c([N+](=O)[O-])c1. The summed E-state index contributed by atoms with van der Waals surface area (Å²) < 4.78 is 10.7. The summed E-state index contributed by atoms with van der Waals surface area (Å²) in [6, 6.07) is 18.6. The minimum atomic E-state index is -0.547. The van der Waals surface area contributed by atoms with Gasteiger partial charge in [-0.3, -0.25) is 14.9 Å². The second kappa shape index (κ2) is 9.21. The summed E-state index contributed by atoms with van der Waals surface area (Å²) in [4.78, 5) is 23.1. The Morgan fingerprint density at radius 3 is 2.67 bits per heavy atom. The van der Waals surface area contributed by atoms with Gasteiger partial charge in [0.15, 0.2) is 0 Å². The van der Waals surface area contributed by atoms with Gasteiger partial charge in [0, 0.05) is 12.6 Å². The molecule has 2 aromatic carbocycles. The van der Waals surface area contributed by atoms with Crippen LogP contribution < -0.4 is 10.1 Å². The molecule has 8 heteroatoms. The van der Waals surface area contributed by atoms with Crippen molar-refractivity contribution in [3.8, 4) is 23.1 Å². The summed E-state index contributed by atoms with van der Waals surface area (Å²) in [6.07, 6.45) is 1.29. The van der Waals surface area contributed by atoms with Crippen molar-refractivity contribution in [2.45, 2.75) is 6.54 Å². The van der Waals surface area contributed by atoms with E-state index in [-0.39, 0.29) is 34.9 Å². The zero-order valence-corrected chi connectivity index (χ0v) is 16.0. The average molecular weight is 403 g/mol. The molecule has 30 heavy (non-hydrogen) atoms. The fourth-order valence-electron chi connectivity index (χ4n) is 2.74. The highest BCUT2D eigenvalue weighted by atomic mass is 16.6. The van der Waals surface area contributed by atoms with Crippen molar-refractivity contribution in [1.82, 2.24) is 5.32 Å². The number of nitro benzene ring substituents is 1. The molecule has 0 aliphatic carbocycles. The van der Waals surface area contributed by atoms with E-state index in [2.05, 4.69) is 5.32 Å². The van der Waals surface area contributed by atoms with Crippen LogP contribution in [-0.2, 0) is 11.3 Å². The molecule has 0 unspecified atom stereocenters. The van der Waals surface area contributed by atoms with E-state index < -0.39 is 10.8 Å². The van der Waals surface area contributed by atoms with Gasteiger partial charge in [-0.2, -0.15) is 5.26 Å². The Kier molecular flexibility index (Phi) is 6.25. The van der Waals surface area contributed by atoms with Crippen molar-refractivity contribution >= 4 is 17.7 Å². The number of benzene rings is 2. The molecule has 0 radical (unpaired) electrons. The topological polar surface area (TPSA) is 118 Å². The number of nitrogens with one attached hydrogen (secondary N) is 1. The molecule has 0 spiro atoms. The van der Waals surface area contributed by atoms with Crippen LogP contribution in [-0.4, -0.2) is 17.9 Å². The Hall–Kier alpha value is -4.38. The van der Waals surface area contributed by atoms with E-state index >= 15 is 0 Å². The highest BCUT2D eigenvalue weighted by Gasteiger charge is 2.19. The van der Waals surface area contributed by atoms with Crippen molar-refractivity contribution in [3.05, 3.63) is 87.7 Å². The molecule has 0 saturated heterocycles. The molecule has 3 aromatic rings. The van der Waals surface area contributed by atoms with Crippen molar-refractivity contribution in [3.63, 3.8) is 0 Å². The van der Waals surface area contributed by atoms with E-state index in [9.17, 15) is 20.2 Å². The van der Waals surface area contributed by atoms with Crippen LogP contribution in [0.5, 0.6) is 5.75 Å². The van der Waals surface area contributed by atoms with E-state index in [4.69, 9.17) is 9.15 Å². The average Bonchev–Trinajstić information content (AvgIpc) is 3.24. The fraction of sp³-hybridized carbons (Fsp3) is 0.0909. The quantitative estimate of drug-likeness (QED) is 0.275. The van der Waals surface area contributed by atoms with Crippen molar-refractivity contribution in [2.75, 3.05) is 7.11 Å². The van der Waals surface area contributed by atoms with Crippen LogP contribution in [0.2, 0.25) is 0 Å². The molecule has 0 aliphatic heterocycles. The maximum Gasteiger partial charge on any atom is 0.284 e. The molecular formula is C22H17N3O5. The lowest BCUT2D eigenvalue weighted by Crippen LogP contribution is -2.23. The number of ether oxygens (including phenoxy) is 1. The number of nitrogens with zero attached hydrogens (tertiary/aromatic N) is 2. The van der Waals surface area contributed by atoms with Crippen molar-refractivity contribution < 1.29 is 18.9 Å². The third-order valence-corrected chi connectivity index (χ3v) is 4.24. The first-order valence-corrected chi connectivity index (χ1v) is 8.88. The summed E-state index contributed by atoms with van der Waals surface area (Å²) in [7, 11) is 1.42. The number of rotatable bonds is 7. The molecule has 1 amide bonds. The first-order chi connectivity index (χ1) is 14.5. The fourth-order valence-corrected chi connectivity index (χ4v) is 2.74. The van der Waals surface area contributed by atoms with Gasteiger partial charge < -0.3 is 14.5 Å². The number of amides is 1. The second-order valence-corrected chi connectivity index (χ2v) is 6.18. The lowest BCUT2D eigenvalue weighted by atomic mass is 10.1. The molecular weight excluding hydrogens is 386 g/mol. The molecule has 0 fully saturated rings. The Balaban J connectivity index is 1.81. The molecule has 1 heterocycles. The Morgan fingerprint density at radius 1 is 1.23 bits per heavy atom. The van der Waals surface area contributed by atoms with Crippen LogP contribution in [0.15, 0.2) is 70.7 Å². The largest absolute Gasteiger partial charge is 0.497 e. The highest BCUT2D eigenvalue weighted by molar-refractivity contribution is 6.01. The number of hydrogen-bond acceptors (Lipinski definition) is 6. The summed E-state index contributed by atoms with van der Waals surface area (Å²) in [6.45, 7) is 0.278. The second-order valence-electron chi connectivity index (χ2n) is 6.18. The first-order valence-electron chi connectivity index (χ1n) is 8.88. The van der Waals surface area contributed by atoms with E-state index in [1.807, 2.05) is 36.4 Å². The van der Waals surface area contributed by atoms with E-state index in [0.29, 0.717) is 5.75 Å². The number of hydrogen-bond donors (Lipinski definition) is 1. The minimum Gasteiger partial charge on any atom is -0.497 e. The zero-order chi connectivity index (χ0) is 21.5. The van der Waals surface area contributed by atoms with Gasteiger partial charge in [-0.15, -0.1) is 0 Å². The van der Waals surface area contributed by atoms with Crippen LogP contribution in [0.1, 0.15) is 11.3 Å². The predicted molar refractivity (Wildman–Crippen MR) is 109 cm³/mol. The van der Waals surface area contributed by atoms with Gasteiger partial charge in [0.05, 0.1) is 23.7 Å². The molecule has 0 atom stereocenters. The maximum absolute atomic E-state index is 12.3. The lowest BCUT2D eigenvalue weighted by molar-refractivity contribution is -0.384. The molecule has 1 aromatic heterocycles. The predicted octanol–water partition coefficient (Wildman–Crippen LogP) is 4.09. The lowest BCUT2D eigenvalue weighted by Gasteiger charge is -2.04. The van der Waals surface area contributed by atoms with Gasteiger partial charge in [0.2, 0.25) is 0 Å². The van der Waals surface area contributed by atoms with Gasteiger partial charge >= 0.3 is 0 Å². The summed E-state index contributed by atoms with van der Waals surface area (Å²) in [5.74, 6) is 0.257. The van der Waals surface area contributed by atoms with Crippen LogP contribution in [0, 0.1) is 21.4 Å². The Bertz CT molecular complexity index is 1140. The smallest absolute Gasteiger partial charge is 0.284 e. The van der Waals surface area contributed by atoms with E-state index in [0.717, 1.165) is 5.56 Å². The molecule has 1 N–H and O–H groups in total. The van der Waals surface area contributed by atoms with Crippen LogP contribution in [0.25, 0.3) is 17.4 Å². The number of nitro groups is 1. The van der Waals surface area contributed by atoms with Crippen LogP contribution in [0.3, 0.4) is 0 Å². The summed E-state index contributed by atoms with van der Waals surface area (Å²) in [5, 5.41) is 23.4. The van der Waals surface area contributed by atoms with Gasteiger partial charge in [0.25, 0.3) is 11.6 Å². The molecule has 0 aliphatic rings. The zero-order valence-electron chi connectivity index (χ0n) is 16.0. The van der Waals surface area contributed by atoms with Gasteiger partial charge in [-0.1, -0.05) is 30.3 Å². The van der Waals surface area contributed by atoms with E-state index in [1.54, 1.807) is 6.07 Å². The Morgan fingerprint density at radius 2 is 2.00 bits per heavy atom. The maximum atomic E-state index is 12.3.